The lowest BCUT2D eigenvalue weighted by atomic mass is 10.1. The SMILES string of the molecule is C1=CCCC(n2c(-c3ccc(-c4nc5ccccc5n4-c4ccccc4)c4sc(N(c5ccccc5)c5ccccc5)nc34)nc3ccccc32)=C1. The van der Waals surface area contributed by atoms with E-state index in [2.05, 4.69) is 184 Å². The minimum absolute atomic E-state index is 0.867. The molecule has 6 nitrogen and oxygen atoms in total. The molecule has 1 aliphatic carbocycles. The molecule has 0 saturated carbocycles. The third kappa shape index (κ3) is 5.05. The zero-order valence-electron chi connectivity index (χ0n) is 28.2. The molecule has 10 rings (SSSR count). The highest BCUT2D eigenvalue weighted by Gasteiger charge is 2.26. The predicted octanol–water partition coefficient (Wildman–Crippen LogP) is 12.0. The molecule has 0 N–H and O–H groups in total. The van der Waals surface area contributed by atoms with Crippen LogP contribution in [-0.2, 0) is 0 Å². The first kappa shape index (κ1) is 30.3. The average molecular weight is 689 g/mol. The summed E-state index contributed by atoms with van der Waals surface area (Å²) in [5.74, 6) is 1.76. The number of hydrogen-bond acceptors (Lipinski definition) is 5. The molecule has 7 heteroatoms. The summed E-state index contributed by atoms with van der Waals surface area (Å²) < 4.78 is 5.65. The van der Waals surface area contributed by atoms with Crippen LogP contribution in [0.2, 0.25) is 0 Å². The molecule has 0 amide bonds. The van der Waals surface area contributed by atoms with Crippen LogP contribution in [0.3, 0.4) is 0 Å². The molecule has 0 saturated heterocycles. The number of fused-ring (bicyclic) bond motifs is 3. The minimum Gasteiger partial charge on any atom is -0.296 e. The molecule has 0 atom stereocenters. The Hall–Kier alpha value is -6.57. The van der Waals surface area contributed by atoms with Crippen molar-refractivity contribution in [3.05, 3.63) is 170 Å². The summed E-state index contributed by atoms with van der Waals surface area (Å²) in [6.07, 6.45) is 8.52. The molecule has 6 aromatic carbocycles. The van der Waals surface area contributed by atoms with E-state index in [0.29, 0.717) is 0 Å². The second kappa shape index (κ2) is 12.6. The van der Waals surface area contributed by atoms with Gasteiger partial charge in [0.2, 0.25) is 0 Å². The van der Waals surface area contributed by atoms with E-state index in [0.717, 1.165) is 90.1 Å². The number of benzene rings is 6. The molecule has 0 bridgehead atoms. The van der Waals surface area contributed by atoms with Crippen LogP contribution in [0.4, 0.5) is 16.5 Å². The van der Waals surface area contributed by atoms with Gasteiger partial charge in [-0.15, -0.1) is 0 Å². The fraction of sp³-hybridized carbons (Fsp3) is 0.0444. The predicted molar refractivity (Wildman–Crippen MR) is 216 cm³/mol. The van der Waals surface area contributed by atoms with Crippen molar-refractivity contribution in [2.45, 2.75) is 12.8 Å². The van der Waals surface area contributed by atoms with Gasteiger partial charge in [-0.25, -0.2) is 15.0 Å². The number of nitrogens with zero attached hydrogens (tertiary/aromatic N) is 6. The maximum absolute atomic E-state index is 5.56. The van der Waals surface area contributed by atoms with Gasteiger partial charge in [0.25, 0.3) is 0 Å². The molecule has 9 aromatic rings. The van der Waals surface area contributed by atoms with Crippen molar-refractivity contribution in [3.8, 4) is 28.5 Å². The third-order valence-electron chi connectivity index (χ3n) is 9.65. The fourth-order valence-corrected chi connectivity index (χ4v) is 8.43. The largest absolute Gasteiger partial charge is 0.296 e. The molecular formula is C45H32N6S. The van der Waals surface area contributed by atoms with Crippen molar-refractivity contribution < 1.29 is 0 Å². The van der Waals surface area contributed by atoms with E-state index in [4.69, 9.17) is 15.0 Å². The van der Waals surface area contributed by atoms with Crippen molar-refractivity contribution in [1.29, 1.82) is 0 Å². The smallest absolute Gasteiger partial charge is 0.195 e. The summed E-state index contributed by atoms with van der Waals surface area (Å²) in [6, 6.07) is 52.6. The molecule has 0 aliphatic heterocycles. The highest BCUT2D eigenvalue weighted by molar-refractivity contribution is 7.23. The second-order valence-corrected chi connectivity index (χ2v) is 13.8. The lowest BCUT2D eigenvalue weighted by Gasteiger charge is -2.22. The molecular weight excluding hydrogens is 657 g/mol. The number of rotatable bonds is 7. The van der Waals surface area contributed by atoms with E-state index in [1.54, 1.807) is 11.3 Å². The summed E-state index contributed by atoms with van der Waals surface area (Å²) in [6.45, 7) is 0. The first-order valence-corrected chi connectivity index (χ1v) is 18.3. The Labute approximate surface area is 304 Å². The Kier molecular flexibility index (Phi) is 7.36. The molecule has 3 heterocycles. The van der Waals surface area contributed by atoms with E-state index in [1.165, 1.54) is 5.70 Å². The number of imidazole rings is 2. The molecule has 1 aliphatic rings. The monoisotopic (exact) mass is 688 g/mol. The van der Waals surface area contributed by atoms with Crippen LogP contribution in [0.15, 0.2) is 170 Å². The number of aromatic nitrogens is 5. The van der Waals surface area contributed by atoms with Crippen LogP contribution in [0, 0.1) is 0 Å². The van der Waals surface area contributed by atoms with E-state index < -0.39 is 0 Å². The second-order valence-electron chi connectivity index (χ2n) is 12.8. The quantitative estimate of drug-likeness (QED) is 0.167. The Morgan fingerprint density at radius 1 is 0.538 bits per heavy atom. The minimum atomic E-state index is 0.867. The van der Waals surface area contributed by atoms with Gasteiger partial charge in [0.05, 0.1) is 32.3 Å². The van der Waals surface area contributed by atoms with Crippen molar-refractivity contribution >= 4 is 65.8 Å². The van der Waals surface area contributed by atoms with Gasteiger partial charge in [-0.2, -0.15) is 0 Å². The number of thiazole rings is 1. The van der Waals surface area contributed by atoms with Crippen LogP contribution in [0.25, 0.3) is 66.4 Å². The number of para-hydroxylation sites is 7. The van der Waals surface area contributed by atoms with E-state index in [9.17, 15) is 0 Å². The Balaban J connectivity index is 1.29. The van der Waals surface area contributed by atoms with Gasteiger partial charge in [0.1, 0.15) is 11.6 Å². The molecule has 52 heavy (non-hydrogen) atoms. The van der Waals surface area contributed by atoms with Gasteiger partial charge in [-0.3, -0.25) is 14.0 Å². The summed E-state index contributed by atoms with van der Waals surface area (Å²) >= 11 is 1.69. The number of allylic oxidation sites excluding steroid dienone is 4. The van der Waals surface area contributed by atoms with E-state index in [-0.39, 0.29) is 0 Å². The molecule has 248 valence electrons. The average Bonchev–Trinajstić information content (AvgIpc) is 3.93. The number of anilines is 3. The molecule has 0 radical (unpaired) electrons. The summed E-state index contributed by atoms with van der Waals surface area (Å²) in [5, 5.41) is 0.867. The lowest BCUT2D eigenvalue weighted by molar-refractivity contribution is 0.960. The standard InChI is InChI=1S/C45H32N6S/c1-5-17-31(18-6-1)49(32-19-7-2-8-20-32)45-48-41-35(43-46-37-25-13-15-27-39(37)50(43)33-21-9-3-10-22-33)29-30-36(42(41)52-45)44-47-38-26-14-16-28-40(38)51(44)34-23-11-4-12-24-34/h1-9,11-21,23-30H,10,22H2. The number of hydrogen-bond donors (Lipinski definition) is 0. The Bertz CT molecular complexity index is 2750. The molecule has 3 aromatic heterocycles. The highest BCUT2D eigenvalue weighted by Crippen LogP contribution is 2.46. The Morgan fingerprint density at radius 3 is 1.73 bits per heavy atom. The summed E-state index contributed by atoms with van der Waals surface area (Å²) in [4.78, 5) is 18.4. The summed E-state index contributed by atoms with van der Waals surface area (Å²) in [7, 11) is 0. The van der Waals surface area contributed by atoms with Crippen molar-refractivity contribution in [3.63, 3.8) is 0 Å². The van der Waals surface area contributed by atoms with Gasteiger partial charge >= 0.3 is 0 Å². The maximum atomic E-state index is 5.56. The first-order valence-electron chi connectivity index (χ1n) is 17.5. The third-order valence-corrected chi connectivity index (χ3v) is 10.7. The van der Waals surface area contributed by atoms with Gasteiger partial charge in [-0.1, -0.05) is 102 Å². The fourth-order valence-electron chi connectivity index (χ4n) is 7.29. The summed E-state index contributed by atoms with van der Waals surface area (Å²) in [5.41, 5.74) is 11.3. The maximum Gasteiger partial charge on any atom is 0.195 e. The molecule has 0 fully saturated rings. The Morgan fingerprint density at radius 2 is 1.10 bits per heavy atom. The first-order chi connectivity index (χ1) is 25.8. The van der Waals surface area contributed by atoms with Gasteiger partial charge in [0, 0.05) is 33.9 Å². The topological polar surface area (TPSA) is 51.8 Å². The van der Waals surface area contributed by atoms with Crippen LogP contribution >= 0.6 is 11.3 Å². The van der Waals surface area contributed by atoms with Gasteiger partial charge in [0.15, 0.2) is 5.13 Å². The van der Waals surface area contributed by atoms with Crippen LogP contribution in [0.1, 0.15) is 12.8 Å². The van der Waals surface area contributed by atoms with Gasteiger partial charge < -0.3 is 0 Å². The van der Waals surface area contributed by atoms with Crippen LogP contribution in [-0.4, -0.2) is 24.1 Å². The zero-order valence-corrected chi connectivity index (χ0v) is 29.0. The van der Waals surface area contributed by atoms with Crippen LogP contribution in [0.5, 0.6) is 0 Å². The van der Waals surface area contributed by atoms with Crippen molar-refractivity contribution in [2.24, 2.45) is 0 Å². The van der Waals surface area contributed by atoms with E-state index in [1.807, 2.05) is 0 Å². The van der Waals surface area contributed by atoms with Crippen LogP contribution < -0.4 is 4.90 Å². The van der Waals surface area contributed by atoms with Crippen molar-refractivity contribution in [1.82, 2.24) is 24.1 Å². The molecule has 0 spiro atoms. The zero-order chi connectivity index (χ0) is 34.4. The normalized spacial score (nSPS) is 12.9. The molecule has 0 unspecified atom stereocenters. The lowest BCUT2D eigenvalue weighted by Crippen LogP contribution is -2.09. The van der Waals surface area contributed by atoms with Gasteiger partial charge in [-0.05, 0) is 91.7 Å². The van der Waals surface area contributed by atoms with E-state index >= 15 is 0 Å². The van der Waals surface area contributed by atoms with Crippen molar-refractivity contribution in [2.75, 3.05) is 4.90 Å². The highest BCUT2D eigenvalue weighted by atomic mass is 32.1.